The van der Waals surface area contributed by atoms with Crippen LogP contribution in [0.5, 0.6) is 11.5 Å². The van der Waals surface area contributed by atoms with Crippen molar-refractivity contribution in [3.63, 3.8) is 0 Å². The van der Waals surface area contributed by atoms with Crippen LogP contribution in [0, 0.1) is 0 Å². The predicted molar refractivity (Wildman–Crippen MR) is 99.6 cm³/mol. The van der Waals surface area contributed by atoms with Crippen LogP contribution in [0.15, 0.2) is 53.6 Å². The lowest BCUT2D eigenvalue weighted by molar-refractivity contribution is -0.136. The molecule has 0 spiro atoms. The molecule has 7 heteroatoms. The topological polar surface area (TPSA) is 89.0 Å². The van der Waals surface area contributed by atoms with Crippen LogP contribution in [0.3, 0.4) is 0 Å². The summed E-state index contributed by atoms with van der Waals surface area (Å²) in [6.45, 7) is 2.69. The number of nitrogens with zero attached hydrogens (tertiary/aromatic N) is 1. The molecule has 2 amide bonds. The average Bonchev–Trinajstić information content (AvgIpc) is 2.67. The van der Waals surface area contributed by atoms with E-state index in [0.717, 1.165) is 17.7 Å². The zero-order valence-electron chi connectivity index (χ0n) is 14.7. The zero-order valence-corrected chi connectivity index (χ0v) is 14.7. The number of para-hydroxylation sites is 2. The molecule has 0 bridgehead atoms. The van der Waals surface area contributed by atoms with E-state index in [1.165, 1.54) is 13.3 Å². The molecule has 2 rings (SSSR count). The van der Waals surface area contributed by atoms with Crippen LogP contribution in [0.2, 0.25) is 0 Å². The minimum atomic E-state index is -0.880. The highest BCUT2D eigenvalue weighted by Gasteiger charge is 2.14. The molecule has 0 saturated carbocycles. The van der Waals surface area contributed by atoms with Gasteiger partial charge in [0.25, 0.3) is 0 Å². The number of hydrogen-bond donors (Lipinski definition) is 2. The van der Waals surface area contributed by atoms with Crippen molar-refractivity contribution in [2.45, 2.75) is 13.3 Å². The zero-order chi connectivity index (χ0) is 18.8. The van der Waals surface area contributed by atoms with Gasteiger partial charge < -0.3 is 14.8 Å². The van der Waals surface area contributed by atoms with Crippen LogP contribution < -0.4 is 20.2 Å². The van der Waals surface area contributed by atoms with Crippen molar-refractivity contribution in [1.29, 1.82) is 0 Å². The number of hydrazone groups is 1. The van der Waals surface area contributed by atoms with Gasteiger partial charge in [0.15, 0.2) is 0 Å². The highest BCUT2D eigenvalue weighted by molar-refractivity contribution is 6.39. The first-order valence-electron chi connectivity index (χ1n) is 8.14. The Balaban J connectivity index is 1.87. The third kappa shape index (κ3) is 5.62. The summed E-state index contributed by atoms with van der Waals surface area (Å²) in [5, 5.41) is 6.25. The summed E-state index contributed by atoms with van der Waals surface area (Å²) >= 11 is 0. The maximum atomic E-state index is 11.9. The lowest BCUT2D eigenvalue weighted by Crippen LogP contribution is -2.32. The molecule has 2 aromatic rings. The van der Waals surface area contributed by atoms with Gasteiger partial charge in [0.2, 0.25) is 0 Å². The van der Waals surface area contributed by atoms with Crippen LogP contribution in [-0.4, -0.2) is 31.7 Å². The van der Waals surface area contributed by atoms with Crippen molar-refractivity contribution >= 4 is 23.7 Å². The summed E-state index contributed by atoms with van der Waals surface area (Å²) in [6.07, 6.45) is 2.38. The Morgan fingerprint density at radius 2 is 1.81 bits per heavy atom. The summed E-state index contributed by atoms with van der Waals surface area (Å²) in [7, 11) is 1.48. The molecule has 0 aliphatic rings. The third-order valence-corrected chi connectivity index (χ3v) is 3.29. The Bertz CT molecular complexity index is 773. The quantitative estimate of drug-likeness (QED) is 0.454. The number of nitrogens with one attached hydrogen (secondary N) is 2. The van der Waals surface area contributed by atoms with Crippen LogP contribution in [0.4, 0.5) is 5.69 Å². The molecule has 0 aromatic heterocycles. The van der Waals surface area contributed by atoms with E-state index in [4.69, 9.17) is 9.47 Å². The van der Waals surface area contributed by atoms with Crippen LogP contribution >= 0.6 is 0 Å². The normalized spacial score (nSPS) is 10.4. The number of benzene rings is 2. The van der Waals surface area contributed by atoms with Gasteiger partial charge in [-0.1, -0.05) is 19.1 Å². The fourth-order valence-corrected chi connectivity index (χ4v) is 2.01. The molecule has 7 nitrogen and oxygen atoms in total. The minimum Gasteiger partial charge on any atom is -0.495 e. The monoisotopic (exact) mass is 355 g/mol. The summed E-state index contributed by atoms with van der Waals surface area (Å²) in [5.74, 6) is -0.489. The van der Waals surface area contributed by atoms with Crippen LogP contribution in [-0.2, 0) is 9.59 Å². The Kier molecular flexibility index (Phi) is 7.17. The van der Waals surface area contributed by atoms with E-state index in [-0.39, 0.29) is 0 Å². The van der Waals surface area contributed by atoms with Gasteiger partial charge in [-0.2, -0.15) is 5.10 Å². The Morgan fingerprint density at radius 3 is 2.50 bits per heavy atom. The molecular formula is C19H21N3O4. The van der Waals surface area contributed by atoms with E-state index in [1.807, 2.05) is 19.1 Å². The van der Waals surface area contributed by atoms with Crippen molar-refractivity contribution < 1.29 is 19.1 Å². The number of carbonyl (C=O) groups excluding carboxylic acids is 2. The second-order valence-corrected chi connectivity index (χ2v) is 5.27. The maximum Gasteiger partial charge on any atom is 0.329 e. The maximum absolute atomic E-state index is 11.9. The van der Waals surface area contributed by atoms with E-state index in [2.05, 4.69) is 15.8 Å². The average molecular weight is 355 g/mol. The molecule has 0 aliphatic heterocycles. The number of amides is 2. The fourth-order valence-electron chi connectivity index (χ4n) is 2.01. The molecule has 0 saturated heterocycles. The second-order valence-electron chi connectivity index (χ2n) is 5.27. The smallest absolute Gasteiger partial charge is 0.329 e. The summed E-state index contributed by atoms with van der Waals surface area (Å²) in [4.78, 5) is 23.7. The lowest BCUT2D eigenvalue weighted by atomic mass is 10.2. The highest BCUT2D eigenvalue weighted by atomic mass is 16.5. The van der Waals surface area contributed by atoms with Crippen molar-refractivity contribution in [3.8, 4) is 11.5 Å². The van der Waals surface area contributed by atoms with Gasteiger partial charge in [-0.15, -0.1) is 0 Å². The lowest BCUT2D eigenvalue weighted by Gasteiger charge is -2.08. The molecule has 26 heavy (non-hydrogen) atoms. The number of ether oxygens (including phenoxy) is 2. The van der Waals surface area contributed by atoms with E-state index < -0.39 is 11.8 Å². The third-order valence-electron chi connectivity index (χ3n) is 3.29. The SMILES string of the molecule is CCCOc1ccc(/C=N\NC(=O)C(=O)Nc2ccccc2OC)cc1. The van der Waals surface area contributed by atoms with Crippen molar-refractivity contribution in [2.24, 2.45) is 5.10 Å². The molecule has 0 atom stereocenters. The van der Waals surface area contributed by atoms with E-state index in [9.17, 15) is 9.59 Å². The molecule has 0 radical (unpaired) electrons. The standard InChI is InChI=1S/C19H21N3O4/c1-3-12-26-15-10-8-14(9-11-15)13-20-22-19(24)18(23)21-16-6-4-5-7-17(16)25-2/h4-11,13H,3,12H2,1-2H3,(H,21,23)(H,22,24)/b20-13-. The second kappa shape index (κ2) is 9.83. The number of methoxy groups -OCH3 is 1. The highest BCUT2D eigenvalue weighted by Crippen LogP contribution is 2.22. The van der Waals surface area contributed by atoms with Gasteiger partial charge in [0, 0.05) is 0 Å². The number of anilines is 1. The molecule has 0 unspecified atom stereocenters. The van der Waals surface area contributed by atoms with Gasteiger partial charge in [-0.05, 0) is 48.4 Å². The first kappa shape index (κ1) is 19.0. The van der Waals surface area contributed by atoms with Gasteiger partial charge in [0.1, 0.15) is 11.5 Å². The van der Waals surface area contributed by atoms with Crippen LogP contribution in [0.25, 0.3) is 0 Å². The van der Waals surface area contributed by atoms with Crippen molar-refractivity contribution in [3.05, 3.63) is 54.1 Å². The molecule has 2 N–H and O–H groups in total. The first-order valence-corrected chi connectivity index (χ1v) is 8.14. The summed E-state index contributed by atoms with van der Waals surface area (Å²) in [6, 6.07) is 14.0. The Labute approximate surface area is 152 Å². The molecule has 0 fully saturated rings. The molecule has 0 heterocycles. The minimum absolute atomic E-state index is 0.404. The Morgan fingerprint density at radius 1 is 1.08 bits per heavy atom. The molecular weight excluding hydrogens is 334 g/mol. The fraction of sp³-hybridized carbons (Fsp3) is 0.211. The molecule has 2 aromatic carbocycles. The van der Waals surface area contributed by atoms with Crippen molar-refractivity contribution in [1.82, 2.24) is 5.43 Å². The van der Waals surface area contributed by atoms with Gasteiger partial charge in [-0.25, -0.2) is 5.43 Å². The summed E-state index contributed by atoms with van der Waals surface area (Å²) in [5.41, 5.74) is 3.35. The molecule has 0 aliphatic carbocycles. The van der Waals surface area contributed by atoms with Gasteiger partial charge in [0.05, 0.1) is 25.6 Å². The summed E-state index contributed by atoms with van der Waals surface area (Å²) < 4.78 is 10.6. The van der Waals surface area contributed by atoms with E-state index >= 15 is 0 Å². The van der Waals surface area contributed by atoms with Gasteiger partial charge >= 0.3 is 11.8 Å². The predicted octanol–water partition coefficient (Wildman–Crippen LogP) is 2.57. The van der Waals surface area contributed by atoms with Gasteiger partial charge in [-0.3, -0.25) is 9.59 Å². The first-order chi connectivity index (χ1) is 12.6. The van der Waals surface area contributed by atoms with E-state index in [1.54, 1.807) is 36.4 Å². The van der Waals surface area contributed by atoms with Crippen molar-refractivity contribution in [2.75, 3.05) is 19.0 Å². The number of hydrogen-bond acceptors (Lipinski definition) is 5. The number of rotatable bonds is 7. The Hall–Kier alpha value is -3.35. The largest absolute Gasteiger partial charge is 0.495 e. The van der Waals surface area contributed by atoms with Crippen LogP contribution in [0.1, 0.15) is 18.9 Å². The van der Waals surface area contributed by atoms with E-state index in [0.29, 0.717) is 18.0 Å². The molecule has 136 valence electrons. The number of carbonyl (C=O) groups is 2.